The number of benzene rings is 2. The maximum atomic E-state index is 13.0. The molecular formula is C20H18N4O3. The molecule has 136 valence electrons. The van der Waals surface area contributed by atoms with Gasteiger partial charge in [-0.1, -0.05) is 30.3 Å². The smallest absolute Gasteiger partial charge is 0.233 e. The number of nitrogens with zero attached hydrogens (tertiary/aromatic N) is 1. The molecule has 3 aromatic rings. The number of carbonyl (C=O) groups is 2. The number of H-pyrrole nitrogens is 1. The van der Waals surface area contributed by atoms with Crippen molar-refractivity contribution in [2.45, 2.75) is 12.3 Å². The van der Waals surface area contributed by atoms with Gasteiger partial charge in [0.05, 0.1) is 19.2 Å². The summed E-state index contributed by atoms with van der Waals surface area (Å²) in [4.78, 5) is 25.0. The van der Waals surface area contributed by atoms with E-state index in [1.54, 1.807) is 31.5 Å². The van der Waals surface area contributed by atoms with Crippen LogP contribution in [0.2, 0.25) is 0 Å². The Morgan fingerprint density at radius 2 is 2.04 bits per heavy atom. The third-order valence-electron chi connectivity index (χ3n) is 4.59. The molecule has 2 heterocycles. The van der Waals surface area contributed by atoms with E-state index in [4.69, 9.17) is 4.74 Å². The van der Waals surface area contributed by atoms with Gasteiger partial charge < -0.3 is 15.4 Å². The Labute approximate surface area is 155 Å². The Bertz CT molecular complexity index is 997. The van der Waals surface area contributed by atoms with Crippen molar-refractivity contribution in [1.82, 2.24) is 10.2 Å². The highest BCUT2D eigenvalue weighted by molar-refractivity contribution is 6.05. The summed E-state index contributed by atoms with van der Waals surface area (Å²) in [7, 11) is 1.56. The number of rotatable bonds is 4. The van der Waals surface area contributed by atoms with Gasteiger partial charge in [0.1, 0.15) is 11.6 Å². The predicted octanol–water partition coefficient (Wildman–Crippen LogP) is 3.15. The second-order valence-corrected chi connectivity index (χ2v) is 6.27. The van der Waals surface area contributed by atoms with Gasteiger partial charge >= 0.3 is 0 Å². The van der Waals surface area contributed by atoms with Gasteiger partial charge in [-0.05, 0) is 29.3 Å². The lowest BCUT2D eigenvalue weighted by atomic mass is 9.89. The minimum absolute atomic E-state index is 0.0702. The summed E-state index contributed by atoms with van der Waals surface area (Å²) in [6.07, 6.45) is 1.73. The molecule has 7 heteroatoms. The fourth-order valence-corrected chi connectivity index (χ4v) is 3.23. The topological polar surface area (TPSA) is 96.1 Å². The minimum Gasteiger partial charge on any atom is -0.497 e. The molecule has 0 spiro atoms. The van der Waals surface area contributed by atoms with E-state index in [-0.39, 0.29) is 18.2 Å². The molecule has 1 atom stereocenters. The first-order chi connectivity index (χ1) is 13.2. The van der Waals surface area contributed by atoms with Gasteiger partial charge in [-0.2, -0.15) is 5.10 Å². The number of fused-ring (bicyclic) bond motifs is 1. The van der Waals surface area contributed by atoms with Gasteiger partial charge in [0, 0.05) is 17.7 Å². The molecule has 3 N–H and O–H groups in total. The van der Waals surface area contributed by atoms with Gasteiger partial charge in [-0.15, -0.1) is 0 Å². The van der Waals surface area contributed by atoms with Crippen molar-refractivity contribution in [2.24, 2.45) is 0 Å². The number of hydrogen-bond acceptors (Lipinski definition) is 4. The van der Waals surface area contributed by atoms with Crippen molar-refractivity contribution < 1.29 is 14.3 Å². The number of hydrogen-bond donors (Lipinski definition) is 3. The Kier molecular flexibility index (Phi) is 4.33. The minimum atomic E-state index is -0.615. The molecular weight excluding hydrogens is 344 g/mol. The Morgan fingerprint density at radius 1 is 1.22 bits per heavy atom. The lowest BCUT2D eigenvalue weighted by Crippen LogP contribution is -2.31. The standard InChI is InChI=1S/C20H18N4O3/c1-27-13-7-8-17-14(9-13)15(10-18(25)22-17)20(26)23-19-16(11-21-24-19)12-5-3-2-4-6-12/h2-9,11,15H,10H2,1H3,(H,22,25)(H2,21,23,24,26). The summed E-state index contributed by atoms with van der Waals surface area (Å²) in [5, 5.41) is 12.5. The number of aromatic amines is 1. The van der Waals surface area contributed by atoms with E-state index in [0.29, 0.717) is 17.3 Å². The van der Waals surface area contributed by atoms with Crippen molar-refractivity contribution in [3.63, 3.8) is 0 Å². The number of amides is 2. The van der Waals surface area contributed by atoms with E-state index in [9.17, 15) is 9.59 Å². The van der Waals surface area contributed by atoms with Crippen LogP contribution in [0.3, 0.4) is 0 Å². The molecule has 27 heavy (non-hydrogen) atoms. The van der Waals surface area contributed by atoms with Gasteiger partial charge in [0.25, 0.3) is 0 Å². The summed E-state index contributed by atoms with van der Waals surface area (Å²) in [6, 6.07) is 14.9. The maximum absolute atomic E-state index is 13.0. The van der Waals surface area contributed by atoms with Crippen molar-refractivity contribution in [3.8, 4) is 16.9 Å². The van der Waals surface area contributed by atoms with E-state index in [0.717, 1.165) is 16.7 Å². The second-order valence-electron chi connectivity index (χ2n) is 6.27. The van der Waals surface area contributed by atoms with Gasteiger partial charge in [0.15, 0.2) is 0 Å². The van der Waals surface area contributed by atoms with Crippen LogP contribution in [-0.2, 0) is 9.59 Å². The molecule has 1 unspecified atom stereocenters. The normalized spacial score (nSPS) is 15.6. The zero-order valence-corrected chi connectivity index (χ0v) is 14.7. The van der Waals surface area contributed by atoms with E-state index in [2.05, 4.69) is 20.8 Å². The molecule has 4 rings (SSSR count). The van der Waals surface area contributed by atoms with Crippen LogP contribution in [0, 0.1) is 0 Å². The average Bonchev–Trinajstić information content (AvgIpc) is 3.15. The predicted molar refractivity (Wildman–Crippen MR) is 102 cm³/mol. The van der Waals surface area contributed by atoms with Crippen LogP contribution in [0.4, 0.5) is 11.5 Å². The van der Waals surface area contributed by atoms with Crippen LogP contribution in [0.1, 0.15) is 17.9 Å². The third-order valence-corrected chi connectivity index (χ3v) is 4.59. The van der Waals surface area contributed by atoms with Crippen molar-refractivity contribution in [2.75, 3.05) is 17.7 Å². The van der Waals surface area contributed by atoms with E-state index < -0.39 is 5.92 Å². The van der Waals surface area contributed by atoms with Crippen LogP contribution in [-0.4, -0.2) is 29.1 Å². The number of methoxy groups -OCH3 is 1. The quantitative estimate of drug-likeness (QED) is 0.664. The molecule has 0 saturated carbocycles. The van der Waals surface area contributed by atoms with Gasteiger partial charge in [-0.25, -0.2) is 0 Å². The Balaban J connectivity index is 1.64. The van der Waals surface area contributed by atoms with Crippen LogP contribution < -0.4 is 15.4 Å². The molecule has 2 amide bonds. The molecule has 1 aliphatic heterocycles. The lowest BCUT2D eigenvalue weighted by molar-refractivity contribution is -0.123. The highest BCUT2D eigenvalue weighted by Gasteiger charge is 2.31. The first-order valence-electron chi connectivity index (χ1n) is 8.53. The Morgan fingerprint density at radius 3 is 2.81 bits per heavy atom. The average molecular weight is 362 g/mol. The highest BCUT2D eigenvalue weighted by Crippen LogP contribution is 2.36. The fourth-order valence-electron chi connectivity index (χ4n) is 3.23. The largest absolute Gasteiger partial charge is 0.497 e. The highest BCUT2D eigenvalue weighted by atomic mass is 16.5. The molecule has 1 aliphatic rings. The number of ether oxygens (including phenoxy) is 1. The van der Waals surface area contributed by atoms with Crippen LogP contribution in [0.25, 0.3) is 11.1 Å². The number of nitrogens with one attached hydrogen (secondary N) is 3. The zero-order chi connectivity index (χ0) is 18.8. The SMILES string of the molecule is COc1ccc2c(c1)C(C(=O)Nc1[nH]ncc1-c1ccccc1)CC(=O)N2. The maximum Gasteiger partial charge on any atom is 0.233 e. The molecule has 0 fully saturated rings. The first kappa shape index (κ1) is 16.8. The van der Waals surface area contributed by atoms with Crippen LogP contribution in [0.15, 0.2) is 54.7 Å². The number of aromatic nitrogens is 2. The van der Waals surface area contributed by atoms with E-state index >= 15 is 0 Å². The molecule has 0 saturated heterocycles. The van der Waals surface area contributed by atoms with Crippen molar-refractivity contribution >= 4 is 23.3 Å². The summed E-state index contributed by atoms with van der Waals surface area (Å²) >= 11 is 0. The summed E-state index contributed by atoms with van der Waals surface area (Å²) < 4.78 is 5.26. The first-order valence-corrected chi connectivity index (χ1v) is 8.53. The van der Waals surface area contributed by atoms with Gasteiger partial charge in [0.2, 0.25) is 11.8 Å². The van der Waals surface area contributed by atoms with E-state index in [1.807, 2.05) is 30.3 Å². The zero-order valence-electron chi connectivity index (χ0n) is 14.7. The molecule has 1 aromatic heterocycles. The second kappa shape index (κ2) is 6.95. The fraction of sp³-hybridized carbons (Fsp3) is 0.150. The van der Waals surface area contributed by atoms with Crippen LogP contribution in [0.5, 0.6) is 5.75 Å². The molecule has 0 radical (unpaired) electrons. The third kappa shape index (κ3) is 3.27. The van der Waals surface area contributed by atoms with Gasteiger partial charge in [-0.3, -0.25) is 14.7 Å². The Hall–Kier alpha value is -3.61. The molecule has 7 nitrogen and oxygen atoms in total. The van der Waals surface area contributed by atoms with Crippen molar-refractivity contribution in [3.05, 3.63) is 60.3 Å². The summed E-state index contributed by atoms with van der Waals surface area (Å²) in [5.41, 5.74) is 3.08. The summed E-state index contributed by atoms with van der Waals surface area (Å²) in [5.74, 6) is 0.0492. The molecule has 0 bridgehead atoms. The lowest BCUT2D eigenvalue weighted by Gasteiger charge is -2.25. The summed E-state index contributed by atoms with van der Waals surface area (Å²) in [6.45, 7) is 0. The number of carbonyl (C=O) groups excluding carboxylic acids is 2. The molecule has 0 aliphatic carbocycles. The monoisotopic (exact) mass is 362 g/mol. The number of anilines is 2. The van der Waals surface area contributed by atoms with E-state index in [1.165, 1.54) is 0 Å². The van der Waals surface area contributed by atoms with Crippen LogP contribution >= 0.6 is 0 Å². The van der Waals surface area contributed by atoms with Crippen molar-refractivity contribution in [1.29, 1.82) is 0 Å². The molecule has 2 aromatic carbocycles.